The highest BCUT2D eigenvalue weighted by molar-refractivity contribution is 5.25. The molecule has 1 aliphatic rings. The Bertz CT molecular complexity index is 386. The topological polar surface area (TPSA) is 34.2 Å². The van der Waals surface area contributed by atoms with Crippen molar-refractivity contribution in [1.29, 1.82) is 0 Å². The van der Waals surface area contributed by atoms with E-state index >= 15 is 0 Å². The Hall–Kier alpha value is -1.09. The lowest BCUT2D eigenvalue weighted by molar-refractivity contribution is 0.148. The minimum atomic E-state index is 0.375. The van der Waals surface area contributed by atoms with E-state index in [1.165, 1.54) is 37.7 Å². The highest BCUT2D eigenvalue weighted by Gasteiger charge is 2.15. The summed E-state index contributed by atoms with van der Waals surface area (Å²) < 4.78 is 6.08. The molecule has 1 heterocycles. The number of aromatic nitrogens is 1. The molecule has 1 N–H and O–H groups in total. The molecule has 3 nitrogen and oxygen atoms in total. The molecule has 2 rings (SSSR count). The number of rotatable bonds is 6. The maximum absolute atomic E-state index is 6.08. The predicted molar refractivity (Wildman–Crippen MR) is 78.5 cm³/mol. The largest absolute Gasteiger partial charge is 0.474 e. The molecule has 0 aliphatic heterocycles. The van der Waals surface area contributed by atoms with Crippen molar-refractivity contribution < 1.29 is 4.74 Å². The van der Waals surface area contributed by atoms with Crippen molar-refractivity contribution in [3.63, 3.8) is 0 Å². The van der Waals surface area contributed by atoms with Crippen molar-refractivity contribution in [1.82, 2.24) is 10.3 Å². The quantitative estimate of drug-likeness (QED) is 0.852. The van der Waals surface area contributed by atoms with Crippen LogP contribution in [-0.2, 0) is 13.0 Å². The van der Waals surface area contributed by atoms with Crippen LogP contribution in [-0.4, -0.2) is 17.6 Å². The molecular formula is C16H26N2O. The molecule has 1 saturated carbocycles. The molecule has 0 saturated heterocycles. The van der Waals surface area contributed by atoms with Gasteiger partial charge in [-0.3, -0.25) is 0 Å². The summed E-state index contributed by atoms with van der Waals surface area (Å²) in [6.07, 6.45) is 7.64. The molecule has 0 amide bonds. The van der Waals surface area contributed by atoms with Gasteiger partial charge in [-0.2, -0.15) is 0 Å². The van der Waals surface area contributed by atoms with Gasteiger partial charge in [0.15, 0.2) is 0 Å². The van der Waals surface area contributed by atoms with Crippen molar-refractivity contribution in [2.24, 2.45) is 0 Å². The van der Waals surface area contributed by atoms with E-state index in [4.69, 9.17) is 4.74 Å². The standard InChI is InChI=1S/C16H26N2O/c1-3-14-10-13(12-17-4-2)11-16(18-14)19-15-8-6-5-7-9-15/h10-11,15,17H,3-9,12H2,1-2H3. The Morgan fingerprint density at radius 2 is 2.00 bits per heavy atom. The maximum Gasteiger partial charge on any atom is 0.214 e. The molecule has 1 aromatic heterocycles. The van der Waals surface area contributed by atoms with E-state index in [1.807, 2.05) is 0 Å². The van der Waals surface area contributed by atoms with E-state index in [1.54, 1.807) is 0 Å². The Morgan fingerprint density at radius 1 is 1.21 bits per heavy atom. The number of ether oxygens (including phenoxy) is 1. The summed E-state index contributed by atoms with van der Waals surface area (Å²) in [7, 11) is 0. The van der Waals surface area contributed by atoms with Gasteiger partial charge in [0, 0.05) is 18.3 Å². The molecule has 0 bridgehead atoms. The minimum Gasteiger partial charge on any atom is -0.474 e. The van der Waals surface area contributed by atoms with Gasteiger partial charge in [0.05, 0.1) is 0 Å². The Labute approximate surface area is 116 Å². The summed E-state index contributed by atoms with van der Waals surface area (Å²) in [6.45, 7) is 6.15. The first-order valence-corrected chi connectivity index (χ1v) is 7.69. The fourth-order valence-electron chi connectivity index (χ4n) is 2.59. The van der Waals surface area contributed by atoms with Crippen molar-refractivity contribution in [3.05, 3.63) is 23.4 Å². The van der Waals surface area contributed by atoms with Crippen molar-refractivity contribution >= 4 is 0 Å². The van der Waals surface area contributed by atoms with Crippen LogP contribution in [0.1, 0.15) is 57.2 Å². The van der Waals surface area contributed by atoms with Crippen LogP contribution in [0.4, 0.5) is 0 Å². The molecule has 1 aromatic rings. The minimum absolute atomic E-state index is 0.375. The lowest BCUT2D eigenvalue weighted by atomic mass is 9.98. The van der Waals surface area contributed by atoms with Crippen LogP contribution in [0, 0.1) is 0 Å². The molecule has 106 valence electrons. The summed E-state index contributed by atoms with van der Waals surface area (Å²) >= 11 is 0. The number of aryl methyl sites for hydroxylation is 1. The van der Waals surface area contributed by atoms with Crippen molar-refractivity contribution in [2.75, 3.05) is 6.54 Å². The molecule has 19 heavy (non-hydrogen) atoms. The fourth-order valence-corrected chi connectivity index (χ4v) is 2.59. The van der Waals surface area contributed by atoms with Crippen molar-refractivity contribution in [3.8, 4) is 5.88 Å². The monoisotopic (exact) mass is 262 g/mol. The summed E-state index contributed by atoms with van der Waals surface area (Å²) in [5.74, 6) is 0.819. The Morgan fingerprint density at radius 3 is 2.68 bits per heavy atom. The SMILES string of the molecule is CCNCc1cc(CC)nc(OC2CCCCC2)c1. The van der Waals surface area contributed by atoms with E-state index in [0.717, 1.165) is 31.1 Å². The second-order valence-electron chi connectivity index (χ2n) is 5.32. The molecule has 1 fully saturated rings. The van der Waals surface area contributed by atoms with Gasteiger partial charge in [0.1, 0.15) is 6.10 Å². The molecule has 0 unspecified atom stereocenters. The first-order chi connectivity index (χ1) is 9.31. The molecule has 3 heteroatoms. The lowest BCUT2D eigenvalue weighted by Gasteiger charge is -2.23. The van der Waals surface area contributed by atoms with Gasteiger partial charge in [0.2, 0.25) is 5.88 Å². The molecule has 0 spiro atoms. The van der Waals surface area contributed by atoms with Gasteiger partial charge in [-0.1, -0.05) is 20.3 Å². The first-order valence-electron chi connectivity index (χ1n) is 7.69. The zero-order chi connectivity index (χ0) is 13.5. The molecule has 0 radical (unpaired) electrons. The van der Waals surface area contributed by atoms with Crippen LogP contribution in [0.25, 0.3) is 0 Å². The Kier molecular flexibility index (Phi) is 5.64. The average Bonchev–Trinajstić information content (AvgIpc) is 2.46. The number of hydrogen-bond donors (Lipinski definition) is 1. The van der Waals surface area contributed by atoms with Gasteiger partial charge in [-0.25, -0.2) is 4.98 Å². The fraction of sp³-hybridized carbons (Fsp3) is 0.688. The summed E-state index contributed by atoms with van der Waals surface area (Å²) in [5.41, 5.74) is 2.40. The summed E-state index contributed by atoms with van der Waals surface area (Å²) in [4.78, 5) is 4.60. The van der Waals surface area contributed by atoms with Crippen LogP contribution in [0.2, 0.25) is 0 Å². The van der Waals surface area contributed by atoms with Gasteiger partial charge in [-0.05, 0) is 50.3 Å². The zero-order valence-electron chi connectivity index (χ0n) is 12.2. The lowest BCUT2D eigenvalue weighted by Crippen LogP contribution is -2.20. The summed E-state index contributed by atoms with van der Waals surface area (Å²) in [6, 6.07) is 4.27. The number of pyridine rings is 1. The highest BCUT2D eigenvalue weighted by atomic mass is 16.5. The van der Waals surface area contributed by atoms with Crippen LogP contribution in [0.5, 0.6) is 5.88 Å². The van der Waals surface area contributed by atoms with Gasteiger partial charge in [-0.15, -0.1) is 0 Å². The van der Waals surface area contributed by atoms with E-state index < -0.39 is 0 Å². The van der Waals surface area contributed by atoms with Gasteiger partial charge in [0.25, 0.3) is 0 Å². The third-order valence-corrected chi connectivity index (χ3v) is 3.70. The van der Waals surface area contributed by atoms with Crippen LogP contribution >= 0.6 is 0 Å². The number of nitrogens with one attached hydrogen (secondary N) is 1. The van der Waals surface area contributed by atoms with Gasteiger partial charge >= 0.3 is 0 Å². The van der Waals surface area contributed by atoms with E-state index in [0.29, 0.717) is 6.10 Å². The second kappa shape index (κ2) is 7.49. The van der Waals surface area contributed by atoms with Crippen LogP contribution in [0.15, 0.2) is 12.1 Å². The van der Waals surface area contributed by atoms with Crippen LogP contribution in [0.3, 0.4) is 0 Å². The summed E-state index contributed by atoms with van der Waals surface area (Å²) in [5, 5.41) is 3.36. The molecular weight excluding hydrogens is 236 g/mol. The third-order valence-electron chi connectivity index (χ3n) is 3.70. The molecule has 0 aromatic carbocycles. The number of nitrogens with zero attached hydrogens (tertiary/aromatic N) is 1. The molecule has 0 atom stereocenters. The second-order valence-corrected chi connectivity index (χ2v) is 5.32. The predicted octanol–water partition coefficient (Wildman–Crippen LogP) is 3.47. The first kappa shape index (κ1) is 14.3. The molecule has 1 aliphatic carbocycles. The number of hydrogen-bond acceptors (Lipinski definition) is 3. The van der Waals surface area contributed by atoms with Gasteiger partial charge < -0.3 is 10.1 Å². The van der Waals surface area contributed by atoms with Crippen molar-refractivity contribution in [2.45, 2.75) is 65.0 Å². The smallest absolute Gasteiger partial charge is 0.214 e. The Balaban J connectivity index is 2.04. The van der Waals surface area contributed by atoms with E-state index in [9.17, 15) is 0 Å². The highest BCUT2D eigenvalue weighted by Crippen LogP contribution is 2.23. The normalized spacial score (nSPS) is 16.5. The van der Waals surface area contributed by atoms with E-state index in [-0.39, 0.29) is 0 Å². The average molecular weight is 262 g/mol. The maximum atomic E-state index is 6.08. The third kappa shape index (κ3) is 4.50. The zero-order valence-corrected chi connectivity index (χ0v) is 12.2. The van der Waals surface area contributed by atoms with Crippen LogP contribution < -0.4 is 10.1 Å². The van der Waals surface area contributed by atoms with E-state index in [2.05, 4.69) is 36.3 Å².